The first-order valence-electron chi connectivity index (χ1n) is 8.85. The molecule has 2 aromatic carbocycles. The maximum absolute atomic E-state index is 12.9. The van der Waals surface area contributed by atoms with Crippen molar-refractivity contribution in [2.75, 3.05) is 24.8 Å². The highest BCUT2D eigenvalue weighted by Gasteiger charge is 2.14. The number of carbonyl (C=O) groups is 1. The number of methoxy groups -OCH3 is 1. The van der Waals surface area contributed by atoms with E-state index in [1.165, 1.54) is 11.8 Å². The summed E-state index contributed by atoms with van der Waals surface area (Å²) < 4.78 is 7.62. The standard InChI is InChI=1S/C20H19BrClN3O3S/c1-28-10-2-9-25-19(27)16-8-5-14(22)11-17(16)24-20(25)29-12-18(26)23-15-6-3-13(21)4-7-15/h3-8,11H,2,9-10,12H2,1H3,(H,23,26). The molecule has 9 heteroatoms. The van der Waals surface area contributed by atoms with Crippen LogP contribution in [-0.4, -0.2) is 34.9 Å². The van der Waals surface area contributed by atoms with Gasteiger partial charge in [-0.1, -0.05) is 39.3 Å². The van der Waals surface area contributed by atoms with Gasteiger partial charge in [0.1, 0.15) is 0 Å². The van der Waals surface area contributed by atoms with E-state index in [0.717, 1.165) is 4.47 Å². The highest BCUT2D eigenvalue weighted by Crippen LogP contribution is 2.21. The average Bonchev–Trinajstić information content (AvgIpc) is 2.70. The molecule has 0 spiro atoms. The lowest BCUT2D eigenvalue weighted by Gasteiger charge is -2.13. The van der Waals surface area contributed by atoms with Crippen LogP contribution in [-0.2, 0) is 16.1 Å². The van der Waals surface area contributed by atoms with Crippen LogP contribution < -0.4 is 10.9 Å². The number of carbonyl (C=O) groups excluding carboxylic acids is 1. The molecule has 0 aliphatic rings. The van der Waals surface area contributed by atoms with Gasteiger partial charge in [0.05, 0.1) is 16.7 Å². The molecule has 0 aliphatic heterocycles. The Kier molecular flexibility index (Phi) is 7.71. The molecule has 0 atom stereocenters. The van der Waals surface area contributed by atoms with Gasteiger partial charge < -0.3 is 10.1 Å². The molecule has 1 aromatic heterocycles. The second-order valence-electron chi connectivity index (χ2n) is 6.20. The molecule has 1 amide bonds. The number of ether oxygens (including phenoxy) is 1. The third-order valence-corrected chi connectivity index (χ3v) is 5.81. The lowest BCUT2D eigenvalue weighted by molar-refractivity contribution is -0.113. The number of aromatic nitrogens is 2. The van der Waals surface area contributed by atoms with Gasteiger partial charge >= 0.3 is 0 Å². The van der Waals surface area contributed by atoms with Crippen molar-refractivity contribution in [3.8, 4) is 0 Å². The van der Waals surface area contributed by atoms with Crippen molar-refractivity contribution in [1.82, 2.24) is 9.55 Å². The van der Waals surface area contributed by atoms with Crippen molar-refractivity contribution in [2.24, 2.45) is 0 Å². The molecule has 0 unspecified atom stereocenters. The molecular weight excluding hydrogens is 478 g/mol. The molecule has 1 heterocycles. The van der Waals surface area contributed by atoms with Gasteiger partial charge in [0.2, 0.25) is 5.91 Å². The van der Waals surface area contributed by atoms with Gasteiger partial charge in [-0.2, -0.15) is 0 Å². The number of benzene rings is 2. The first-order valence-corrected chi connectivity index (χ1v) is 11.0. The number of thioether (sulfide) groups is 1. The maximum atomic E-state index is 12.9. The summed E-state index contributed by atoms with van der Waals surface area (Å²) in [6, 6.07) is 12.3. The minimum Gasteiger partial charge on any atom is -0.385 e. The summed E-state index contributed by atoms with van der Waals surface area (Å²) in [6.45, 7) is 0.980. The predicted octanol–water partition coefficient (Wildman–Crippen LogP) is 4.58. The van der Waals surface area contributed by atoms with Crippen LogP contribution in [0.2, 0.25) is 5.02 Å². The smallest absolute Gasteiger partial charge is 0.262 e. The lowest BCUT2D eigenvalue weighted by atomic mass is 10.2. The number of nitrogens with one attached hydrogen (secondary N) is 1. The fourth-order valence-electron chi connectivity index (χ4n) is 2.71. The number of hydrogen-bond donors (Lipinski definition) is 1. The summed E-state index contributed by atoms with van der Waals surface area (Å²) in [5.41, 5.74) is 1.06. The molecular formula is C20H19BrClN3O3S. The Morgan fingerprint density at radius 1 is 1.28 bits per heavy atom. The molecule has 3 aromatic rings. The summed E-state index contributed by atoms with van der Waals surface area (Å²) in [4.78, 5) is 29.9. The number of hydrogen-bond acceptors (Lipinski definition) is 5. The second kappa shape index (κ2) is 10.2. The molecule has 29 heavy (non-hydrogen) atoms. The third-order valence-electron chi connectivity index (χ3n) is 4.07. The Morgan fingerprint density at radius 2 is 2.03 bits per heavy atom. The number of rotatable bonds is 8. The first-order chi connectivity index (χ1) is 14.0. The summed E-state index contributed by atoms with van der Waals surface area (Å²) >= 11 is 10.6. The van der Waals surface area contributed by atoms with Gasteiger partial charge in [0.15, 0.2) is 5.16 Å². The van der Waals surface area contributed by atoms with Crippen LogP contribution in [0.5, 0.6) is 0 Å². The fourth-order valence-corrected chi connectivity index (χ4v) is 3.96. The van der Waals surface area contributed by atoms with Crippen LogP contribution in [0.1, 0.15) is 6.42 Å². The number of nitrogens with zero attached hydrogens (tertiary/aromatic N) is 2. The van der Waals surface area contributed by atoms with Gasteiger partial charge in [-0.15, -0.1) is 0 Å². The molecule has 0 fully saturated rings. The van der Waals surface area contributed by atoms with Crippen LogP contribution in [0.4, 0.5) is 5.69 Å². The van der Waals surface area contributed by atoms with Gasteiger partial charge in [0, 0.05) is 35.4 Å². The summed E-state index contributed by atoms with van der Waals surface area (Å²) in [5, 5.41) is 4.31. The topological polar surface area (TPSA) is 73.2 Å². The van der Waals surface area contributed by atoms with E-state index in [9.17, 15) is 9.59 Å². The zero-order chi connectivity index (χ0) is 20.8. The Morgan fingerprint density at radius 3 is 2.76 bits per heavy atom. The van der Waals surface area contributed by atoms with Gasteiger partial charge in [0.25, 0.3) is 5.56 Å². The van der Waals surface area contributed by atoms with E-state index in [0.29, 0.717) is 46.3 Å². The number of halogens is 2. The molecule has 6 nitrogen and oxygen atoms in total. The zero-order valence-electron chi connectivity index (χ0n) is 15.7. The highest BCUT2D eigenvalue weighted by atomic mass is 79.9. The number of fused-ring (bicyclic) bond motifs is 1. The van der Waals surface area contributed by atoms with Crippen LogP contribution in [0.25, 0.3) is 10.9 Å². The minimum absolute atomic E-state index is 0.124. The summed E-state index contributed by atoms with van der Waals surface area (Å²) in [6.07, 6.45) is 0.663. The van der Waals surface area contributed by atoms with E-state index in [-0.39, 0.29) is 17.2 Å². The van der Waals surface area contributed by atoms with Gasteiger partial charge in [-0.05, 0) is 48.9 Å². The Labute approximate surface area is 185 Å². The number of anilines is 1. The molecule has 0 bridgehead atoms. The third kappa shape index (κ3) is 5.82. The summed E-state index contributed by atoms with van der Waals surface area (Å²) in [5.74, 6) is -0.0556. The molecule has 0 saturated carbocycles. The van der Waals surface area contributed by atoms with E-state index < -0.39 is 0 Å². The van der Waals surface area contributed by atoms with E-state index in [4.69, 9.17) is 16.3 Å². The normalized spacial score (nSPS) is 11.0. The molecule has 0 aliphatic carbocycles. The van der Waals surface area contributed by atoms with Gasteiger partial charge in [-0.3, -0.25) is 14.2 Å². The van der Waals surface area contributed by atoms with Crippen LogP contribution in [0, 0.1) is 0 Å². The quantitative estimate of drug-likeness (QED) is 0.281. The van der Waals surface area contributed by atoms with Crippen molar-refractivity contribution in [3.05, 3.63) is 62.3 Å². The maximum Gasteiger partial charge on any atom is 0.262 e. The van der Waals surface area contributed by atoms with E-state index in [1.807, 2.05) is 24.3 Å². The van der Waals surface area contributed by atoms with Crippen molar-refractivity contribution in [1.29, 1.82) is 0 Å². The number of amides is 1. The molecule has 152 valence electrons. The zero-order valence-corrected chi connectivity index (χ0v) is 18.8. The van der Waals surface area contributed by atoms with Crippen molar-refractivity contribution >= 4 is 61.8 Å². The molecule has 1 N–H and O–H groups in total. The fraction of sp³-hybridized carbons (Fsp3) is 0.250. The Bertz CT molecular complexity index is 1070. The SMILES string of the molecule is COCCCn1c(SCC(=O)Nc2ccc(Br)cc2)nc2cc(Cl)ccc2c1=O. The second-order valence-corrected chi connectivity index (χ2v) is 8.50. The monoisotopic (exact) mass is 495 g/mol. The van der Waals surface area contributed by atoms with Crippen molar-refractivity contribution in [2.45, 2.75) is 18.1 Å². The Balaban J connectivity index is 1.81. The molecule has 0 saturated heterocycles. The van der Waals surface area contributed by atoms with E-state index in [1.54, 1.807) is 29.9 Å². The predicted molar refractivity (Wildman–Crippen MR) is 121 cm³/mol. The van der Waals surface area contributed by atoms with Crippen LogP contribution in [0.15, 0.2) is 56.9 Å². The van der Waals surface area contributed by atoms with Crippen LogP contribution >= 0.6 is 39.3 Å². The van der Waals surface area contributed by atoms with Gasteiger partial charge in [-0.25, -0.2) is 4.98 Å². The van der Waals surface area contributed by atoms with Crippen molar-refractivity contribution < 1.29 is 9.53 Å². The van der Waals surface area contributed by atoms with E-state index >= 15 is 0 Å². The largest absolute Gasteiger partial charge is 0.385 e. The lowest BCUT2D eigenvalue weighted by Crippen LogP contribution is -2.25. The van der Waals surface area contributed by atoms with Crippen LogP contribution in [0.3, 0.4) is 0 Å². The minimum atomic E-state index is -0.179. The molecule has 3 rings (SSSR count). The first kappa shape index (κ1) is 21.8. The van der Waals surface area contributed by atoms with E-state index in [2.05, 4.69) is 26.2 Å². The highest BCUT2D eigenvalue weighted by molar-refractivity contribution is 9.10. The Hall–Kier alpha value is -1.87. The van der Waals surface area contributed by atoms with Crippen molar-refractivity contribution in [3.63, 3.8) is 0 Å². The molecule has 0 radical (unpaired) electrons. The summed E-state index contributed by atoms with van der Waals surface area (Å²) in [7, 11) is 1.62. The average molecular weight is 497 g/mol.